The molecule has 0 unspecified atom stereocenters. The number of amides is 3. The number of benzene rings is 2. The standard InChI is InChI=1S/C26H31N3O6/c1-15-9-16(2)11-18(10-15)28-26(32)27-17-5-8-22-20(12-17)25(31)29(3)21-7-6-19(13-24(30)33-4)35-23(21)14-34-22/h5,8-12,19,21,23H,6-7,13-14H2,1-4H3,(H2,27,28,32)/t19-,21-,23-/m0/s1. The predicted molar refractivity (Wildman–Crippen MR) is 131 cm³/mol. The molecule has 1 fully saturated rings. The number of urea groups is 1. The molecule has 3 amide bonds. The van der Waals surface area contributed by atoms with Gasteiger partial charge < -0.3 is 29.7 Å². The van der Waals surface area contributed by atoms with E-state index in [0.29, 0.717) is 35.5 Å². The number of hydrogen-bond acceptors (Lipinski definition) is 6. The van der Waals surface area contributed by atoms with Crippen molar-refractivity contribution in [2.24, 2.45) is 0 Å². The highest BCUT2D eigenvalue weighted by molar-refractivity contribution is 6.02. The Bertz CT molecular complexity index is 1110. The number of rotatable bonds is 4. The first-order valence-corrected chi connectivity index (χ1v) is 11.7. The number of carbonyl (C=O) groups excluding carboxylic acids is 3. The van der Waals surface area contributed by atoms with Gasteiger partial charge in [0.05, 0.1) is 31.2 Å². The number of aryl methyl sites for hydroxylation is 2. The highest BCUT2D eigenvalue weighted by atomic mass is 16.5. The summed E-state index contributed by atoms with van der Waals surface area (Å²) in [5.74, 6) is -0.126. The lowest BCUT2D eigenvalue weighted by molar-refractivity contribution is -0.151. The monoisotopic (exact) mass is 481 g/mol. The second kappa shape index (κ2) is 10.4. The van der Waals surface area contributed by atoms with E-state index >= 15 is 0 Å². The summed E-state index contributed by atoms with van der Waals surface area (Å²) in [6.45, 7) is 4.18. The molecule has 2 aliphatic rings. The Labute approximate surface area is 204 Å². The van der Waals surface area contributed by atoms with Gasteiger partial charge in [-0.25, -0.2) is 4.79 Å². The summed E-state index contributed by atoms with van der Waals surface area (Å²) >= 11 is 0. The van der Waals surface area contributed by atoms with Gasteiger partial charge in [0, 0.05) is 18.4 Å². The van der Waals surface area contributed by atoms with Crippen LogP contribution in [0.25, 0.3) is 0 Å². The van der Waals surface area contributed by atoms with Gasteiger partial charge in [0.15, 0.2) is 0 Å². The van der Waals surface area contributed by atoms with E-state index < -0.39 is 6.03 Å². The minimum Gasteiger partial charge on any atom is -0.490 e. The molecule has 9 heteroatoms. The van der Waals surface area contributed by atoms with Crippen LogP contribution in [0.3, 0.4) is 0 Å². The smallest absolute Gasteiger partial charge is 0.323 e. The first-order valence-electron chi connectivity index (χ1n) is 11.7. The van der Waals surface area contributed by atoms with Crippen molar-refractivity contribution in [1.29, 1.82) is 0 Å². The Kier molecular flexibility index (Phi) is 7.25. The lowest BCUT2D eigenvalue weighted by atomic mass is 9.94. The number of nitrogens with zero attached hydrogens (tertiary/aromatic N) is 1. The number of carbonyl (C=O) groups is 3. The summed E-state index contributed by atoms with van der Waals surface area (Å²) < 4.78 is 16.8. The van der Waals surface area contributed by atoms with Gasteiger partial charge in [-0.1, -0.05) is 6.07 Å². The zero-order valence-electron chi connectivity index (χ0n) is 20.4. The fraction of sp³-hybridized carbons (Fsp3) is 0.423. The average Bonchev–Trinajstić information content (AvgIpc) is 2.81. The molecule has 2 N–H and O–H groups in total. The molecule has 0 radical (unpaired) electrons. The van der Waals surface area contributed by atoms with Gasteiger partial charge in [-0.2, -0.15) is 0 Å². The third-order valence-electron chi connectivity index (χ3n) is 6.37. The minimum absolute atomic E-state index is 0.174. The number of ether oxygens (including phenoxy) is 3. The van der Waals surface area contributed by atoms with Gasteiger partial charge in [0.1, 0.15) is 18.5 Å². The van der Waals surface area contributed by atoms with Gasteiger partial charge in [0.2, 0.25) is 0 Å². The van der Waals surface area contributed by atoms with E-state index in [-0.39, 0.29) is 43.2 Å². The Hall–Kier alpha value is -3.59. The number of hydrogen-bond donors (Lipinski definition) is 2. The van der Waals surface area contributed by atoms with Crippen molar-refractivity contribution in [3.05, 3.63) is 53.1 Å². The van der Waals surface area contributed by atoms with Crippen molar-refractivity contribution in [1.82, 2.24) is 4.90 Å². The van der Waals surface area contributed by atoms with Crippen LogP contribution in [0.4, 0.5) is 16.2 Å². The van der Waals surface area contributed by atoms with Crippen LogP contribution >= 0.6 is 0 Å². The summed E-state index contributed by atoms with van der Waals surface area (Å²) in [5.41, 5.74) is 3.64. The fourth-order valence-corrected chi connectivity index (χ4v) is 4.71. The van der Waals surface area contributed by atoms with Crippen LogP contribution < -0.4 is 15.4 Å². The molecule has 2 heterocycles. The van der Waals surface area contributed by atoms with Crippen molar-refractivity contribution < 1.29 is 28.6 Å². The molecule has 0 spiro atoms. The van der Waals surface area contributed by atoms with Crippen LogP contribution in [0.15, 0.2) is 36.4 Å². The van der Waals surface area contributed by atoms with Crippen LogP contribution in [0.1, 0.15) is 40.7 Å². The number of esters is 1. The number of anilines is 2. The molecule has 2 aliphatic heterocycles. The zero-order chi connectivity index (χ0) is 25.1. The third-order valence-corrected chi connectivity index (χ3v) is 6.37. The molecule has 2 aromatic rings. The Morgan fingerprint density at radius 3 is 2.49 bits per heavy atom. The van der Waals surface area contributed by atoms with Crippen LogP contribution in [-0.2, 0) is 14.3 Å². The molecule has 2 aromatic carbocycles. The van der Waals surface area contributed by atoms with Crippen molar-refractivity contribution in [3.8, 4) is 5.75 Å². The number of fused-ring (bicyclic) bond motifs is 2. The van der Waals surface area contributed by atoms with Gasteiger partial charge in [-0.15, -0.1) is 0 Å². The maximum absolute atomic E-state index is 13.3. The van der Waals surface area contributed by atoms with Crippen LogP contribution in [0.2, 0.25) is 0 Å². The van der Waals surface area contributed by atoms with Gasteiger partial charge >= 0.3 is 12.0 Å². The fourth-order valence-electron chi connectivity index (χ4n) is 4.71. The zero-order valence-corrected chi connectivity index (χ0v) is 20.4. The second-order valence-electron chi connectivity index (χ2n) is 9.12. The first kappa shape index (κ1) is 24.5. The summed E-state index contributed by atoms with van der Waals surface area (Å²) in [6.07, 6.45) is 0.872. The summed E-state index contributed by atoms with van der Waals surface area (Å²) in [6, 6.07) is 10.2. The van der Waals surface area contributed by atoms with Gasteiger partial charge in [-0.3, -0.25) is 9.59 Å². The summed E-state index contributed by atoms with van der Waals surface area (Å²) in [7, 11) is 3.10. The van der Waals surface area contributed by atoms with E-state index in [4.69, 9.17) is 14.2 Å². The molecule has 186 valence electrons. The summed E-state index contributed by atoms with van der Waals surface area (Å²) in [4.78, 5) is 39.2. The van der Waals surface area contributed by atoms with Crippen LogP contribution in [0.5, 0.6) is 5.75 Å². The van der Waals surface area contributed by atoms with Crippen LogP contribution in [0, 0.1) is 13.8 Å². The van der Waals surface area contributed by atoms with Crippen LogP contribution in [-0.4, -0.2) is 61.8 Å². The molecular formula is C26H31N3O6. The minimum atomic E-state index is -0.403. The largest absolute Gasteiger partial charge is 0.490 e. The summed E-state index contributed by atoms with van der Waals surface area (Å²) in [5, 5.41) is 5.62. The quantitative estimate of drug-likeness (QED) is 0.642. The maximum Gasteiger partial charge on any atom is 0.323 e. The van der Waals surface area contributed by atoms with Gasteiger partial charge in [-0.05, 0) is 68.1 Å². The Morgan fingerprint density at radius 1 is 1.06 bits per heavy atom. The second-order valence-corrected chi connectivity index (χ2v) is 9.12. The topological polar surface area (TPSA) is 106 Å². The maximum atomic E-state index is 13.3. The normalized spacial score (nSPS) is 21.5. The van der Waals surface area contributed by atoms with E-state index in [1.165, 1.54) is 7.11 Å². The van der Waals surface area contributed by atoms with Crippen molar-refractivity contribution in [2.45, 2.75) is 51.4 Å². The SMILES string of the molecule is COC(=O)C[C@@H]1CC[C@H]2[C@H](COc3ccc(NC(=O)Nc4cc(C)cc(C)c4)cc3C(=O)N2C)O1. The molecule has 9 nitrogen and oxygen atoms in total. The predicted octanol–water partition coefficient (Wildman–Crippen LogP) is 3.89. The van der Waals surface area contributed by atoms with E-state index in [9.17, 15) is 14.4 Å². The van der Waals surface area contributed by atoms with Crippen molar-refractivity contribution >= 4 is 29.3 Å². The molecule has 0 saturated carbocycles. The molecule has 1 saturated heterocycles. The first-order chi connectivity index (χ1) is 16.7. The van der Waals surface area contributed by atoms with E-state index in [2.05, 4.69) is 10.6 Å². The number of likely N-dealkylation sites (N-methyl/N-ethyl adjacent to an activating group) is 1. The highest BCUT2D eigenvalue weighted by Gasteiger charge is 2.39. The van der Waals surface area contributed by atoms with E-state index in [0.717, 1.165) is 11.1 Å². The molecular weight excluding hydrogens is 450 g/mol. The molecule has 0 bridgehead atoms. The van der Waals surface area contributed by atoms with Gasteiger partial charge in [0.25, 0.3) is 5.91 Å². The van der Waals surface area contributed by atoms with Crippen molar-refractivity contribution in [2.75, 3.05) is 31.4 Å². The highest BCUT2D eigenvalue weighted by Crippen LogP contribution is 2.32. The molecule has 0 aliphatic carbocycles. The Morgan fingerprint density at radius 2 is 1.77 bits per heavy atom. The number of methoxy groups -OCH3 is 1. The molecule has 3 atom stereocenters. The average molecular weight is 482 g/mol. The lowest BCUT2D eigenvalue weighted by Gasteiger charge is -2.42. The van der Waals surface area contributed by atoms with E-state index in [1.807, 2.05) is 32.0 Å². The molecule has 0 aromatic heterocycles. The lowest BCUT2D eigenvalue weighted by Crippen LogP contribution is -2.53. The Balaban J connectivity index is 1.47. The number of nitrogens with one attached hydrogen (secondary N) is 2. The van der Waals surface area contributed by atoms with Crippen molar-refractivity contribution in [3.63, 3.8) is 0 Å². The molecule has 35 heavy (non-hydrogen) atoms. The van der Waals surface area contributed by atoms with E-state index in [1.54, 1.807) is 30.1 Å². The third kappa shape index (κ3) is 5.74. The molecule has 4 rings (SSSR count).